The summed E-state index contributed by atoms with van der Waals surface area (Å²) in [6.07, 6.45) is -1.14. The standard InChI is InChI=1S/C20H22N2O5/c1-13-19(27-17-9-4-3-8-16(17)26-13)20(24)21-11-14-6-5-7-15(10-14)22-18(23)12-25-2/h3-10,13,19H,11-12H2,1-2H3,(H,21,24)(H,22,23). The molecule has 0 aliphatic carbocycles. The van der Waals surface area contributed by atoms with E-state index in [0.717, 1.165) is 5.56 Å². The van der Waals surface area contributed by atoms with Crippen molar-refractivity contribution in [3.05, 3.63) is 54.1 Å². The molecule has 1 aliphatic rings. The molecule has 0 bridgehead atoms. The highest BCUT2D eigenvalue weighted by Gasteiger charge is 2.33. The molecule has 7 heteroatoms. The molecule has 1 aliphatic heterocycles. The van der Waals surface area contributed by atoms with E-state index in [1.54, 1.807) is 25.1 Å². The maximum absolute atomic E-state index is 12.5. The second-order valence-electron chi connectivity index (χ2n) is 6.21. The van der Waals surface area contributed by atoms with Gasteiger partial charge in [-0.15, -0.1) is 0 Å². The monoisotopic (exact) mass is 370 g/mol. The van der Waals surface area contributed by atoms with Crippen LogP contribution in [-0.4, -0.2) is 37.7 Å². The van der Waals surface area contributed by atoms with Gasteiger partial charge in [0.25, 0.3) is 5.91 Å². The topological polar surface area (TPSA) is 85.9 Å². The second-order valence-corrected chi connectivity index (χ2v) is 6.21. The summed E-state index contributed by atoms with van der Waals surface area (Å²) in [6, 6.07) is 14.5. The molecule has 0 saturated carbocycles. The predicted molar refractivity (Wildman–Crippen MR) is 99.7 cm³/mol. The van der Waals surface area contributed by atoms with Crippen LogP contribution in [0.25, 0.3) is 0 Å². The average molecular weight is 370 g/mol. The third-order valence-corrected chi connectivity index (χ3v) is 4.05. The summed E-state index contributed by atoms with van der Waals surface area (Å²) < 4.78 is 16.3. The van der Waals surface area contributed by atoms with Crippen molar-refractivity contribution in [2.24, 2.45) is 0 Å². The lowest BCUT2D eigenvalue weighted by atomic mass is 10.1. The number of ether oxygens (including phenoxy) is 3. The quantitative estimate of drug-likeness (QED) is 0.813. The number of carbonyl (C=O) groups excluding carboxylic acids is 2. The molecule has 2 amide bonds. The van der Waals surface area contributed by atoms with Gasteiger partial charge in [0.2, 0.25) is 12.0 Å². The molecular weight excluding hydrogens is 348 g/mol. The fraction of sp³-hybridized carbons (Fsp3) is 0.300. The minimum Gasteiger partial charge on any atom is -0.482 e. The molecule has 0 radical (unpaired) electrons. The molecule has 142 valence electrons. The number of rotatable bonds is 6. The van der Waals surface area contributed by atoms with E-state index in [-0.39, 0.29) is 18.4 Å². The van der Waals surface area contributed by atoms with E-state index in [0.29, 0.717) is 23.7 Å². The molecule has 0 aromatic heterocycles. The summed E-state index contributed by atoms with van der Waals surface area (Å²) in [5.41, 5.74) is 1.49. The molecule has 3 rings (SSSR count). The van der Waals surface area contributed by atoms with Crippen molar-refractivity contribution in [3.8, 4) is 11.5 Å². The normalized spacial score (nSPS) is 17.9. The van der Waals surface area contributed by atoms with E-state index in [1.807, 2.05) is 30.3 Å². The Bertz CT molecular complexity index is 824. The number of anilines is 1. The van der Waals surface area contributed by atoms with Gasteiger partial charge in [-0.05, 0) is 36.8 Å². The molecular formula is C20H22N2O5. The van der Waals surface area contributed by atoms with Crippen LogP contribution in [0.5, 0.6) is 11.5 Å². The van der Waals surface area contributed by atoms with Crippen LogP contribution >= 0.6 is 0 Å². The maximum Gasteiger partial charge on any atom is 0.265 e. The number of amides is 2. The summed E-state index contributed by atoms with van der Waals surface area (Å²) in [4.78, 5) is 24.1. The third kappa shape index (κ3) is 4.77. The van der Waals surface area contributed by atoms with Crippen LogP contribution in [-0.2, 0) is 20.9 Å². The van der Waals surface area contributed by atoms with Gasteiger partial charge in [0, 0.05) is 19.3 Å². The second kappa shape index (κ2) is 8.55. The van der Waals surface area contributed by atoms with Gasteiger partial charge in [-0.1, -0.05) is 24.3 Å². The Labute approximate surface area is 157 Å². The summed E-state index contributed by atoms with van der Waals surface area (Å²) in [5, 5.41) is 5.59. The fourth-order valence-corrected chi connectivity index (χ4v) is 2.78. The third-order valence-electron chi connectivity index (χ3n) is 4.05. The van der Waals surface area contributed by atoms with Crippen LogP contribution in [0.4, 0.5) is 5.69 Å². The number of fused-ring (bicyclic) bond motifs is 1. The zero-order valence-corrected chi connectivity index (χ0v) is 15.2. The van der Waals surface area contributed by atoms with Crippen LogP contribution in [0.2, 0.25) is 0 Å². The molecule has 0 spiro atoms. The molecule has 2 aromatic carbocycles. The molecule has 2 aromatic rings. The van der Waals surface area contributed by atoms with E-state index in [4.69, 9.17) is 14.2 Å². The van der Waals surface area contributed by atoms with Crippen LogP contribution < -0.4 is 20.1 Å². The summed E-state index contributed by atoms with van der Waals surface area (Å²) in [7, 11) is 1.46. The Hall–Kier alpha value is -3.06. The summed E-state index contributed by atoms with van der Waals surface area (Å²) >= 11 is 0. The lowest BCUT2D eigenvalue weighted by Gasteiger charge is -2.31. The smallest absolute Gasteiger partial charge is 0.265 e. The number of benzene rings is 2. The SMILES string of the molecule is COCC(=O)Nc1cccc(CNC(=O)C2Oc3ccccc3OC2C)c1. The van der Waals surface area contributed by atoms with Gasteiger partial charge in [-0.25, -0.2) is 0 Å². The lowest BCUT2D eigenvalue weighted by Crippen LogP contribution is -2.48. The number of methoxy groups -OCH3 is 1. The van der Waals surface area contributed by atoms with E-state index in [1.165, 1.54) is 7.11 Å². The average Bonchev–Trinajstić information content (AvgIpc) is 2.66. The molecule has 27 heavy (non-hydrogen) atoms. The Morgan fingerprint density at radius 2 is 1.81 bits per heavy atom. The molecule has 1 heterocycles. The first-order valence-corrected chi connectivity index (χ1v) is 8.64. The van der Waals surface area contributed by atoms with Crippen molar-refractivity contribution < 1.29 is 23.8 Å². The van der Waals surface area contributed by atoms with Crippen molar-refractivity contribution in [2.45, 2.75) is 25.7 Å². The Kier molecular flexibility index (Phi) is 5.93. The molecule has 7 nitrogen and oxygen atoms in total. The van der Waals surface area contributed by atoms with Gasteiger partial charge in [0.05, 0.1) is 0 Å². The largest absolute Gasteiger partial charge is 0.482 e. The number of hydrogen-bond donors (Lipinski definition) is 2. The van der Waals surface area contributed by atoms with Gasteiger partial charge in [-0.3, -0.25) is 9.59 Å². The number of para-hydroxylation sites is 2. The van der Waals surface area contributed by atoms with Crippen LogP contribution in [0.1, 0.15) is 12.5 Å². The van der Waals surface area contributed by atoms with Gasteiger partial charge >= 0.3 is 0 Å². The molecule has 0 saturated heterocycles. The van der Waals surface area contributed by atoms with Gasteiger partial charge in [0.15, 0.2) is 11.5 Å². The maximum atomic E-state index is 12.5. The Balaban J connectivity index is 1.58. The van der Waals surface area contributed by atoms with E-state index >= 15 is 0 Å². The molecule has 2 N–H and O–H groups in total. The van der Waals surface area contributed by atoms with Crippen molar-refractivity contribution >= 4 is 17.5 Å². The fourth-order valence-electron chi connectivity index (χ4n) is 2.78. The van der Waals surface area contributed by atoms with Crippen molar-refractivity contribution in [3.63, 3.8) is 0 Å². The van der Waals surface area contributed by atoms with Gasteiger partial charge < -0.3 is 24.8 Å². The van der Waals surface area contributed by atoms with Crippen LogP contribution in [0, 0.1) is 0 Å². The number of hydrogen-bond acceptors (Lipinski definition) is 5. The predicted octanol–water partition coefficient (Wildman–Crippen LogP) is 2.12. The van der Waals surface area contributed by atoms with Crippen molar-refractivity contribution in [1.82, 2.24) is 5.32 Å². The minimum atomic E-state index is -0.732. The van der Waals surface area contributed by atoms with E-state index < -0.39 is 12.2 Å². The highest BCUT2D eigenvalue weighted by atomic mass is 16.6. The first-order valence-electron chi connectivity index (χ1n) is 8.64. The molecule has 2 atom stereocenters. The van der Waals surface area contributed by atoms with Crippen LogP contribution in [0.3, 0.4) is 0 Å². The zero-order chi connectivity index (χ0) is 19.2. The van der Waals surface area contributed by atoms with Gasteiger partial charge in [0.1, 0.15) is 12.7 Å². The summed E-state index contributed by atoms with van der Waals surface area (Å²) in [5.74, 6) is 0.692. The van der Waals surface area contributed by atoms with Gasteiger partial charge in [-0.2, -0.15) is 0 Å². The summed E-state index contributed by atoms with van der Waals surface area (Å²) in [6.45, 7) is 2.09. The molecule has 2 unspecified atom stereocenters. The van der Waals surface area contributed by atoms with E-state index in [9.17, 15) is 9.59 Å². The first-order chi connectivity index (χ1) is 13.1. The van der Waals surface area contributed by atoms with Crippen LogP contribution in [0.15, 0.2) is 48.5 Å². The minimum absolute atomic E-state index is 0.0145. The van der Waals surface area contributed by atoms with Crippen molar-refractivity contribution in [2.75, 3.05) is 19.0 Å². The lowest BCUT2D eigenvalue weighted by molar-refractivity contribution is -0.133. The first kappa shape index (κ1) is 18.7. The number of nitrogens with one attached hydrogen (secondary N) is 2. The van der Waals surface area contributed by atoms with Crippen molar-refractivity contribution in [1.29, 1.82) is 0 Å². The van der Waals surface area contributed by atoms with E-state index in [2.05, 4.69) is 10.6 Å². The Morgan fingerprint density at radius 1 is 1.07 bits per heavy atom. The zero-order valence-electron chi connectivity index (χ0n) is 15.2. The molecule has 0 fully saturated rings. The highest BCUT2D eigenvalue weighted by molar-refractivity contribution is 5.91. The highest BCUT2D eigenvalue weighted by Crippen LogP contribution is 2.33. The number of carbonyl (C=O) groups is 2. The Morgan fingerprint density at radius 3 is 2.56 bits per heavy atom.